The number of nitrogens with zero attached hydrogens (tertiary/aromatic N) is 3. The molecule has 1 atom stereocenters. The van der Waals surface area contributed by atoms with Crippen LogP contribution >= 0.6 is 11.6 Å². The Bertz CT molecular complexity index is 501. The number of ether oxygens (including phenoxy) is 1. The van der Waals surface area contributed by atoms with Crippen molar-refractivity contribution in [2.24, 2.45) is 0 Å². The lowest BCUT2D eigenvalue weighted by atomic mass is 10.2. The average Bonchev–Trinajstić information content (AvgIpc) is 2.84. The fourth-order valence-corrected chi connectivity index (χ4v) is 2.59. The molecule has 0 radical (unpaired) electrons. The van der Waals surface area contributed by atoms with Crippen LogP contribution in [-0.2, 0) is 11.3 Å². The maximum absolute atomic E-state index is 11.7. The maximum Gasteiger partial charge on any atom is 0.407 e. The largest absolute Gasteiger partial charge is 0.444 e. The molecule has 1 aromatic rings. The Hall–Kier alpha value is -1.40. The Kier molecular flexibility index (Phi) is 5.58. The van der Waals surface area contributed by atoms with Crippen LogP contribution in [0, 0.1) is 0 Å². The molecule has 0 bridgehead atoms. The van der Waals surface area contributed by atoms with Gasteiger partial charge in [0.1, 0.15) is 5.60 Å². The molecule has 2 heterocycles. The van der Waals surface area contributed by atoms with Gasteiger partial charge in [0.25, 0.3) is 0 Å². The third-order valence-corrected chi connectivity index (χ3v) is 3.63. The lowest BCUT2D eigenvalue weighted by molar-refractivity contribution is 0.0512. The molecular formula is C15H23ClN4O2. The van der Waals surface area contributed by atoms with E-state index < -0.39 is 5.60 Å². The Morgan fingerprint density at radius 1 is 1.45 bits per heavy atom. The second-order valence-corrected chi connectivity index (χ2v) is 6.88. The number of hydrogen-bond donors (Lipinski definition) is 1. The van der Waals surface area contributed by atoms with Crippen molar-refractivity contribution in [1.82, 2.24) is 20.4 Å². The summed E-state index contributed by atoms with van der Waals surface area (Å²) in [6.45, 7) is 7.85. The van der Waals surface area contributed by atoms with Crippen molar-refractivity contribution >= 4 is 17.7 Å². The first-order valence-corrected chi connectivity index (χ1v) is 7.90. The van der Waals surface area contributed by atoms with Gasteiger partial charge in [-0.1, -0.05) is 11.6 Å². The summed E-state index contributed by atoms with van der Waals surface area (Å²) in [5.41, 5.74) is 0.409. The summed E-state index contributed by atoms with van der Waals surface area (Å²) >= 11 is 5.75. The van der Waals surface area contributed by atoms with Crippen molar-refractivity contribution in [2.45, 2.75) is 51.8 Å². The van der Waals surface area contributed by atoms with Crippen LogP contribution in [0.3, 0.4) is 0 Å². The minimum absolute atomic E-state index is 0.296. The molecule has 1 aromatic heterocycles. The Labute approximate surface area is 136 Å². The highest BCUT2D eigenvalue weighted by molar-refractivity contribution is 6.29. The predicted molar refractivity (Wildman–Crippen MR) is 84.7 cm³/mol. The molecule has 0 saturated carbocycles. The molecule has 1 aliphatic heterocycles. The lowest BCUT2D eigenvalue weighted by Gasteiger charge is -2.25. The summed E-state index contributed by atoms with van der Waals surface area (Å²) in [7, 11) is 0. The Balaban J connectivity index is 1.83. The number of carbonyl (C=O) groups is 1. The van der Waals surface area contributed by atoms with Gasteiger partial charge in [-0.05, 0) is 52.3 Å². The monoisotopic (exact) mass is 326 g/mol. The van der Waals surface area contributed by atoms with Gasteiger partial charge in [0, 0.05) is 19.1 Å². The van der Waals surface area contributed by atoms with Crippen LogP contribution in [0.1, 0.15) is 39.3 Å². The average molecular weight is 327 g/mol. The van der Waals surface area contributed by atoms with Crippen molar-refractivity contribution in [1.29, 1.82) is 0 Å². The van der Waals surface area contributed by atoms with Crippen molar-refractivity contribution in [3.63, 3.8) is 0 Å². The van der Waals surface area contributed by atoms with E-state index in [0.29, 0.717) is 24.3 Å². The molecule has 1 fully saturated rings. The van der Waals surface area contributed by atoms with E-state index in [9.17, 15) is 4.79 Å². The van der Waals surface area contributed by atoms with Crippen LogP contribution in [-0.4, -0.2) is 45.9 Å². The first kappa shape index (κ1) is 17.0. The summed E-state index contributed by atoms with van der Waals surface area (Å²) in [5.74, 6) is 0. The minimum atomic E-state index is -0.474. The highest BCUT2D eigenvalue weighted by Gasteiger charge is 2.26. The highest BCUT2D eigenvalue weighted by atomic mass is 35.5. The standard InChI is InChI=1S/C15H23ClN4O2/c1-15(2,3)22-14(21)17-9-12-5-4-8-20(12)10-11-6-7-13(16)19-18-11/h6-7,12H,4-5,8-10H2,1-3H3,(H,17,21). The van der Waals surface area contributed by atoms with Crippen LogP contribution in [0.15, 0.2) is 12.1 Å². The van der Waals surface area contributed by atoms with E-state index in [1.54, 1.807) is 6.07 Å². The molecule has 1 aliphatic rings. The molecule has 1 saturated heterocycles. The molecule has 6 nitrogen and oxygen atoms in total. The SMILES string of the molecule is CC(C)(C)OC(=O)NCC1CCCN1Cc1ccc(Cl)nn1. The summed E-state index contributed by atoms with van der Waals surface area (Å²) in [5, 5.41) is 11.2. The third kappa shape index (κ3) is 5.42. The van der Waals surface area contributed by atoms with Crippen molar-refractivity contribution in [3.8, 4) is 0 Å². The number of likely N-dealkylation sites (tertiary alicyclic amines) is 1. The zero-order valence-electron chi connectivity index (χ0n) is 13.3. The normalized spacial score (nSPS) is 19.2. The molecule has 2 rings (SSSR count). The number of alkyl carbamates (subject to hydrolysis) is 1. The van der Waals surface area contributed by atoms with E-state index in [4.69, 9.17) is 16.3 Å². The zero-order chi connectivity index (χ0) is 16.2. The fraction of sp³-hybridized carbons (Fsp3) is 0.667. The molecule has 1 amide bonds. The van der Waals surface area contributed by atoms with Gasteiger partial charge in [-0.15, -0.1) is 5.10 Å². The van der Waals surface area contributed by atoms with E-state index in [-0.39, 0.29) is 6.09 Å². The summed E-state index contributed by atoms with van der Waals surface area (Å²) in [4.78, 5) is 14.0. The number of rotatable bonds is 4. The van der Waals surface area contributed by atoms with E-state index in [2.05, 4.69) is 20.4 Å². The second-order valence-electron chi connectivity index (χ2n) is 6.50. The number of hydrogen-bond acceptors (Lipinski definition) is 5. The van der Waals surface area contributed by atoms with Gasteiger partial charge >= 0.3 is 6.09 Å². The lowest BCUT2D eigenvalue weighted by Crippen LogP contribution is -2.41. The molecule has 1 unspecified atom stereocenters. The maximum atomic E-state index is 11.7. The molecule has 0 spiro atoms. The van der Waals surface area contributed by atoms with Gasteiger partial charge in [0.05, 0.1) is 5.69 Å². The van der Waals surface area contributed by atoms with Crippen LogP contribution < -0.4 is 5.32 Å². The second kappa shape index (κ2) is 7.24. The first-order chi connectivity index (χ1) is 10.3. The topological polar surface area (TPSA) is 67.3 Å². The van der Waals surface area contributed by atoms with E-state index in [0.717, 1.165) is 25.1 Å². The van der Waals surface area contributed by atoms with Gasteiger partial charge in [-0.3, -0.25) is 4.90 Å². The molecule has 22 heavy (non-hydrogen) atoms. The number of halogens is 1. The Morgan fingerprint density at radius 2 is 2.23 bits per heavy atom. The van der Waals surface area contributed by atoms with Crippen molar-refractivity contribution in [2.75, 3.05) is 13.1 Å². The van der Waals surface area contributed by atoms with Crippen molar-refractivity contribution in [3.05, 3.63) is 23.0 Å². The molecule has 122 valence electrons. The number of carbonyl (C=O) groups excluding carboxylic acids is 1. The predicted octanol–water partition coefficient (Wildman–Crippen LogP) is 2.62. The molecule has 0 aromatic carbocycles. The van der Waals surface area contributed by atoms with E-state index >= 15 is 0 Å². The Morgan fingerprint density at radius 3 is 2.86 bits per heavy atom. The summed E-state index contributed by atoms with van der Waals surface area (Å²) < 4.78 is 5.26. The first-order valence-electron chi connectivity index (χ1n) is 7.52. The number of aromatic nitrogens is 2. The summed E-state index contributed by atoms with van der Waals surface area (Å²) in [6.07, 6.45) is 1.80. The molecule has 0 aliphatic carbocycles. The van der Waals surface area contributed by atoms with Gasteiger partial charge in [-0.25, -0.2) is 4.79 Å². The number of amides is 1. The van der Waals surface area contributed by atoms with Crippen LogP contribution in [0.5, 0.6) is 0 Å². The smallest absolute Gasteiger partial charge is 0.407 e. The van der Waals surface area contributed by atoms with E-state index in [1.165, 1.54) is 0 Å². The van der Waals surface area contributed by atoms with Crippen LogP contribution in [0.2, 0.25) is 5.15 Å². The van der Waals surface area contributed by atoms with Crippen LogP contribution in [0.4, 0.5) is 4.79 Å². The fourth-order valence-electron chi connectivity index (χ4n) is 2.49. The van der Waals surface area contributed by atoms with Crippen LogP contribution in [0.25, 0.3) is 0 Å². The minimum Gasteiger partial charge on any atom is -0.444 e. The van der Waals surface area contributed by atoms with Gasteiger partial charge in [-0.2, -0.15) is 5.10 Å². The van der Waals surface area contributed by atoms with E-state index in [1.807, 2.05) is 26.8 Å². The summed E-state index contributed by atoms with van der Waals surface area (Å²) in [6, 6.07) is 3.92. The molecular weight excluding hydrogens is 304 g/mol. The number of nitrogens with one attached hydrogen (secondary N) is 1. The van der Waals surface area contributed by atoms with Gasteiger partial charge in [0.15, 0.2) is 5.15 Å². The quantitative estimate of drug-likeness (QED) is 0.921. The highest BCUT2D eigenvalue weighted by Crippen LogP contribution is 2.19. The third-order valence-electron chi connectivity index (χ3n) is 3.43. The zero-order valence-corrected chi connectivity index (χ0v) is 14.1. The van der Waals surface area contributed by atoms with Crippen molar-refractivity contribution < 1.29 is 9.53 Å². The molecule has 7 heteroatoms. The molecule has 1 N–H and O–H groups in total. The van der Waals surface area contributed by atoms with Gasteiger partial charge < -0.3 is 10.1 Å². The van der Waals surface area contributed by atoms with Gasteiger partial charge in [0.2, 0.25) is 0 Å².